The molecular weight excluding hydrogens is 184 g/mol. The molecule has 0 aliphatic heterocycles. The maximum atomic E-state index is 8.70. The first-order valence-corrected chi connectivity index (χ1v) is 6.09. The fraction of sp³-hybridized carbons (Fsp3) is 0.846. The number of nitrogens with zero attached hydrogens (tertiary/aromatic N) is 2. The summed E-state index contributed by atoms with van der Waals surface area (Å²) in [6, 6.07) is 4.53. The zero-order valence-electron chi connectivity index (χ0n) is 9.21. The van der Waals surface area contributed by atoms with E-state index in [-0.39, 0.29) is 0 Å². The SMILES string of the molecule is N#CCCC1(CCC#N)[C@@H]2CCCC[C@@H]21. The average molecular weight is 202 g/mol. The van der Waals surface area contributed by atoms with Crippen LogP contribution in [0.1, 0.15) is 51.4 Å². The van der Waals surface area contributed by atoms with E-state index in [0.717, 1.165) is 24.7 Å². The van der Waals surface area contributed by atoms with Crippen LogP contribution in [0.4, 0.5) is 0 Å². The second kappa shape index (κ2) is 4.23. The van der Waals surface area contributed by atoms with E-state index < -0.39 is 0 Å². The van der Waals surface area contributed by atoms with Crippen LogP contribution in [0.3, 0.4) is 0 Å². The molecule has 0 aromatic rings. The molecule has 0 saturated heterocycles. The lowest BCUT2D eigenvalue weighted by molar-refractivity contribution is 0.373. The summed E-state index contributed by atoms with van der Waals surface area (Å²) >= 11 is 0. The standard InChI is InChI=1S/C13H18N2/c14-9-3-7-13(8-4-10-15)11-5-1-2-6-12(11)13/h11-12H,1-8H2/t11-,12+. The predicted molar refractivity (Wildman–Crippen MR) is 57.6 cm³/mol. The van der Waals surface area contributed by atoms with Gasteiger partial charge < -0.3 is 0 Å². The van der Waals surface area contributed by atoms with Crippen molar-refractivity contribution in [1.82, 2.24) is 0 Å². The molecule has 80 valence electrons. The van der Waals surface area contributed by atoms with Gasteiger partial charge in [0.05, 0.1) is 12.1 Å². The van der Waals surface area contributed by atoms with Crippen molar-refractivity contribution >= 4 is 0 Å². The second-order valence-electron chi connectivity index (χ2n) is 5.05. The summed E-state index contributed by atoms with van der Waals surface area (Å²) in [6.07, 6.45) is 8.87. The topological polar surface area (TPSA) is 47.6 Å². The van der Waals surface area contributed by atoms with Crippen molar-refractivity contribution in [2.75, 3.05) is 0 Å². The summed E-state index contributed by atoms with van der Waals surface area (Å²) in [4.78, 5) is 0. The molecule has 2 fully saturated rings. The molecule has 0 spiro atoms. The van der Waals surface area contributed by atoms with E-state index in [1.165, 1.54) is 25.7 Å². The highest BCUT2D eigenvalue weighted by Crippen LogP contribution is 2.69. The lowest BCUT2D eigenvalue weighted by Crippen LogP contribution is -2.05. The lowest BCUT2D eigenvalue weighted by atomic mass is 9.90. The third kappa shape index (κ3) is 1.74. The predicted octanol–water partition coefficient (Wildman–Crippen LogP) is 3.40. The molecule has 2 aliphatic rings. The molecule has 0 aromatic heterocycles. The first-order valence-electron chi connectivity index (χ1n) is 6.09. The molecule has 15 heavy (non-hydrogen) atoms. The molecule has 2 nitrogen and oxygen atoms in total. The van der Waals surface area contributed by atoms with Gasteiger partial charge in [-0.3, -0.25) is 0 Å². The van der Waals surface area contributed by atoms with Gasteiger partial charge in [-0.2, -0.15) is 10.5 Å². The second-order valence-corrected chi connectivity index (χ2v) is 5.05. The van der Waals surface area contributed by atoms with Crippen LogP contribution in [0.2, 0.25) is 0 Å². The Morgan fingerprint density at radius 1 is 0.933 bits per heavy atom. The average Bonchev–Trinajstić information content (AvgIpc) is 2.93. The summed E-state index contributed by atoms with van der Waals surface area (Å²) in [5.41, 5.74) is 0.405. The Labute approximate surface area is 91.9 Å². The number of hydrogen-bond donors (Lipinski definition) is 0. The van der Waals surface area contributed by atoms with Crippen LogP contribution in [-0.2, 0) is 0 Å². The van der Waals surface area contributed by atoms with E-state index in [4.69, 9.17) is 10.5 Å². The van der Waals surface area contributed by atoms with Crippen molar-refractivity contribution in [1.29, 1.82) is 10.5 Å². The van der Waals surface area contributed by atoms with Gasteiger partial charge in [-0.15, -0.1) is 0 Å². The first-order chi connectivity index (χ1) is 7.35. The fourth-order valence-corrected chi connectivity index (χ4v) is 3.82. The highest BCUT2D eigenvalue weighted by atomic mass is 14.7. The van der Waals surface area contributed by atoms with Gasteiger partial charge in [0, 0.05) is 12.8 Å². The van der Waals surface area contributed by atoms with Gasteiger partial charge >= 0.3 is 0 Å². The van der Waals surface area contributed by atoms with Crippen molar-refractivity contribution in [2.45, 2.75) is 51.4 Å². The third-order valence-corrected chi connectivity index (χ3v) is 4.54. The Morgan fingerprint density at radius 2 is 1.40 bits per heavy atom. The normalized spacial score (nSPS) is 31.1. The zero-order valence-corrected chi connectivity index (χ0v) is 9.21. The first kappa shape index (κ1) is 10.5. The molecule has 2 heteroatoms. The van der Waals surface area contributed by atoms with Gasteiger partial charge in [0.1, 0.15) is 0 Å². The van der Waals surface area contributed by atoms with Crippen LogP contribution in [-0.4, -0.2) is 0 Å². The van der Waals surface area contributed by atoms with Crippen molar-refractivity contribution in [2.24, 2.45) is 17.3 Å². The number of hydrogen-bond acceptors (Lipinski definition) is 2. The van der Waals surface area contributed by atoms with Crippen LogP contribution in [0.25, 0.3) is 0 Å². The van der Waals surface area contributed by atoms with Gasteiger partial charge in [0.15, 0.2) is 0 Å². The Morgan fingerprint density at radius 3 is 1.80 bits per heavy atom. The highest BCUT2D eigenvalue weighted by molar-refractivity contribution is 5.12. The van der Waals surface area contributed by atoms with Crippen LogP contribution in [0.5, 0.6) is 0 Å². The molecule has 0 heterocycles. The minimum Gasteiger partial charge on any atom is -0.198 e. The Balaban J connectivity index is 1.99. The minimum atomic E-state index is 0.405. The van der Waals surface area contributed by atoms with Gasteiger partial charge in [0.25, 0.3) is 0 Å². The number of fused-ring (bicyclic) bond motifs is 1. The third-order valence-electron chi connectivity index (χ3n) is 4.54. The van der Waals surface area contributed by atoms with Gasteiger partial charge in [-0.25, -0.2) is 0 Å². The monoisotopic (exact) mass is 202 g/mol. The summed E-state index contributed by atoms with van der Waals surface area (Å²) in [6.45, 7) is 0. The summed E-state index contributed by atoms with van der Waals surface area (Å²) in [5, 5.41) is 17.4. The molecule has 0 N–H and O–H groups in total. The van der Waals surface area contributed by atoms with E-state index in [0.29, 0.717) is 18.3 Å². The molecule has 2 rings (SSSR count). The summed E-state index contributed by atoms with van der Waals surface area (Å²) in [5.74, 6) is 1.71. The Hall–Kier alpha value is -1.02. The smallest absolute Gasteiger partial charge is 0.0621 e. The fourth-order valence-electron chi connectivity index (χ4n) is 3.82. The molecule has 0 aromatic carbocycles. The van der Waals surface area contributed by atoms with E-state index in [9.17, 15) is 0 Å². The number of nitriles is 2. The Kier molecular flexibility index (Phi) is 2.96. The van der Waals surface area contributed by atoms with Crippen LogP contribution >= 0.6 is 0 Å². The maximum Gasteiger partial charge on any atom is 0.0621 e. The van der Waals surface area contributed by atoms with Crippen LogP contribution in [0, 0.1) is 39.9 Å². The van der Waals surface area contributed by atoms with E-state index in [1.807, 2.05) is 0 Å². The quantitative estimate of drug-likeness (QED) is 0.701. The molecule has 2 atom stereocenters. The van der Waals surface area contributed by atoms with Gasteiger partial charge in [0.2, 0.25) is 0 Å². The van der Waals surface area contributed by atoms with Gasteiger partial charge in [-0.1, -0.05) is 12.8 Å². The summed E-state index contributed by atoms with van der Waals surface area (Å²) < 4.78 is 0. The van der Waals surface area contributed by atoms with Crippen molar-refractivity contribution in [3.8, 4) is 12.1 Å². The van der Waals surface area contributed by atoms with Crippen molar-refractivity contribution < 1.29 is 0 Å². The molecule has 0 amide bonds. The van der Waals surface area contributed by atoms with Crippen LogP contribution < -0.4 is 0 Å². The molecular formula is C13H18N2. The van der Waals surface area contributed by atoms with Crippen molar-refractivity contribution in [3.05, 3.63) is 0 Å². The minimum absolute atomic E-state index is 0.405. The largest absolute Gasteiger partial charge is 0.198 e. The van der Waals surface area contributed by atoms with E-state index >= 15 is 0 Å². The molecule has 0 bridgehead atoms. The maximum absolute atomic E-state index is 8.70. The van der Waals surface area contributed by atoms with Crippen LogP contribution in [0.15, 0.2) is 0 Å². The highest BCUT2D eigenvalue weighted by Gasteiger charge is 2.62. The molecule has 2 saturated carbocycles. The van der Waals surface area contributed by atoms with E-state index in [1.54, 1.807) is 0 Å². The summed E-state index contributed by atoms with van der Waals surface area (Å²) in [7, 11) is 0. The zero-order chi connectivity index (χ0) is 10.7. The lowest BCUT2D eigenvalue weighted by Gasteiger charge is -2.14. The van der Waals surface area contributed by atoms with E-state index in [2.05, 4.69) is 12.1 Å². The molecule has 2 aliphatic carbocycles. The molecule has 0 radical (unpaired) electrons. The van der Waals surface area contributed by atoms with Crippen molar-refractivity contribution in [3.63, 3.8) is 0 Å². The number of rotatable bonds is 4. The molecule has 0 unspecified atom stereocenters. The van der Waals surface area contributed by atoms with Gasteiger partial charge in [-0.05, 0) is 42.9 Å². The Bertz CT molecular complexity index is 275.